The van der Waals surface area contributed by atoms with Gasteiger partial charge >= 0.3 is 0 Å². The minimum atomic E-state index is -2.72. The van der Waals surface area contributed by atoms with Crippen LogP contribution in [0.1, 0.15) is 49.0 Å². The van der Waals surface area contributed by atoms with Crippen LogP contribution in [-0.2, 0) is 6.54 Å². The number of para-hydroxylation sites is 1. The number of unbranched alkanes of at least 4 members (excludes halogenated alkanes) is 1. The Balaban J connectivity index is 2.08. The van der Waals surface area contributed by atoms with Gasteiger partial charge in [-0.25, -0.2) is 8.78 Å². The molecule has 0 fully saturated rings. The van der Waals surface area contributed by atoms with Crippen molar-refractivity contribution < 1.29 is 23.4 Å². The van der Waals surface area contributed by atoms with Crippen molar-refractivity contribution in [1.29, 1.82) is 0 Å². The van der Waals surface area contributed by atoms with Crippen molar-refractivity contribution in [3.05, 3.63) is 58.4 Å². The van der Waals surface area contributed by atoms with E-state index in [4.69, 9.17) is 4.74 Å². The second-order valence-electron chi connectivity index (χ2n) is 6.99. The van der Waals surface area contributed by atoms with Gasteiger partial charge in [0.2, 0.25) is 0 Å². The van der Waals surface area contributed by atoms with Crippen molar-refractivity contribution in [3.8, 4) is 5.75 Å². The Labute approximate surface area is 177 Å². The largest absolute Gasteiger partial charge is 0.490 e. The fraction of sp³-hybridized carbons (Fsp3) is 0.364. The maximum absolute atomic E-state index is 13.2. The van der Waals surface area contributed by atoms with E-state index in [2.05, 4.69) is 11.9 Å². The quantitative estimate of drug-likeness (QED) is 0.546. The van der Waals surface area contributed by atoms with E-state index in [1.807, 2.05) is 28.8 Å². The van der Waals surface area contributed by atoms with Gasteiger partial charge in [0.25, 0.3) is 12.3 Å². The van der Waals surface area contributed by atoms with E-state index in [1.54, 1.807) is 0 Å². The molecule has 1 aromatic heterocycles. The number of aryl methyl sites for hydroxylation is 1. The summed E-state index contributed by atoms with van der Waals surface area (Å²) < 4.78 is 34.8. The number of amides is 1. The van der Waals surface area contributed by atoms with Crippen LogP contribution < -0.4 is 9.54 Å². The summed E-state index contributed by atoms with van der Waals surface area (Å²) in [7, 11) is 0. The number of thiazole rings is 1. The summed E-state index contributed by atoms with van der Waals surface area (Å²) in [4.78, 5) is 17.8. The van der Waals surface area contributed by atoms with E-state index in [1.165, 1.54) is 30.4 Å². The number of carbonyl (C=O) groups is 1. The van der Waals surface area contributed by atoms with E-state index >= 15 is 0 Å². The molecule has 1 heterocycles. The zero-order valence-corrected chi connectivity index (χ0v) is 17.7. The molecule has 8 heteroatoms. The van der Waals surface area contributed by atoms with Crippen molar-refractivity contribution in [2.45, 2.75) is 45.8 Å². The van der Waals surface area contributed by atoms with Gasteiger partial charge in [-0.2, -0.15) is 4.99 Å². The van der Waals surface area contributed by atoms with Gasteiger partial charge < -0.3 is 14.4 Å². The minimum absolute atomic E-state index is 0.0482. The van der Waals surface area contributed by atoms with Crippen LogP contribution in [0.2, 0.25) is 0 Å². The van der Waals surface area contributed by atoms with Crippen LogP contribution in [0.4, 0.5) is 8.78 Å². The van der Waals surface area contributed by atoms with E-state index in [-0.39, 0.29) is 23.5 Å². The zero-order valence-electron chi connectivity index (χ0n) is 16.8. The molecule has 1 atom stereocenters. The summed E-state index contributed by atoms with van der Waals surface area (Å²) in [5, 5.41) is 9.47. The highest BCUT2D eigenvalue weighted by atomic mass is 32.1. The van der Waals surface area contributed by atoms with Crippen molar-refractivity contribution >= 4 is 27.5 Å². The molecule has 1 amide bonds. The van der Waals surface area contributed by atoms with Crippen LogP contribution >= 0.6 is 11.3 Å². The molecule has 5 nitrogen and oxygen atoms in total. The molecule has 3 rings (SSSR count). The smallest absolute Gasteiger partial charge is 0.283 e. The molecule has 0 radical (unpaired) electrons. The van der Waals surface area contributed by atoms with Crippen LogP contribution in [0.3, 0.4) is 0 Å². The lowest BCUT2D eigenvalue weighted by Crippen LogP contribution is -2.18. The molecule has 0 unspecified atom stereocenters. The predicted molar refractivity (Wildman–Crippen MR) is 113 cm³/mol. The normalized spacial score (nSPS) is 13.2. The van der Waals surface area contributed by atoms with Crippen LogP contribution in [0, 0.1) is 0 Å². The van der Waals surface area contributed by atoms with E-state index in [0.29, 0.717) is 11.3 Å². The number of fused-ring (bicyclic) bond motifs is 1. The third kappa shape index (κ3) is 5.12. The topological polar surface area (TPSA) is 63.8 Å². The standard InChI is InChI=1S/C22H24F2N2O3S/c1-3-4-11-26-17-7-5-6-8-19(17)30-22(26)25-21(28)16-12-15(20(23)24)9-10-18(16)29-13-14(2)27/h5-10,12,14,20,27H,3-4,11,13H2,1-2H3/t14-/m0/s1. The molecular weight excluding hydrogens is 410 g/mol. The van der Waals surface area contributed by atoms with Crippen molar-refractivity contribution in [1.82, 2.24) is 4.57 Å². The van der Waals surface area contributed by atoms with Gasteiger partial charge in [0.05, 0.1) is 21.9 Å². The number of hydrogen-bond donors (Lipinski definition) is 1. The number of hydrogen-bond acceptors (Lipinski definition) is 4. The highest BCUT2D eigenvalue weighted by Gasteiger charge is 2.18. The highest BCUT2D eigenvalue weighted by Crippen LogP contribution is 2.27. The summed E-state index contributed by atoms with van der Waals surface area (Å²) in [5.41, 5.74) is 0.649. The summed E-state index contributed by atoms with van der Waals surface area (Å²) in [6, 6.07) is 11.4. The lowest BCUT2D eigenvalue weighted by Gasteiger charge is -2.12. The van der Waals surface area contributed by atoms with Gasteiger partial charge in [0.1, 0.15) is 12.4 Å². The minimum Gasteiger partial charge on any atom is -0.490 e. The number of aromatic nitrogens is 1. The van der Waals surface area contributed by atoms with Crippen molar-refractivity contribution in [2.24, 2.45) is 4.99 Å². The van der Waals surface area contributed by atoms with E-state index in [0.717, 1.165) is 29.1 Å². The first-order chi connectivity index (χ1) is 14.4. The fourth-order valence-electron chi connectivity index (χ4n) is 2.97. The van der Waals surface area contributed by atoms with Crippen molar-refractivity contribution in [2.75, 3.05) is 6.61 Å². The Kier molecular flexibility index (Phi) is 7.33. The molecule has 0 spiro atoms. The van der Waals surface area contributed by atoms with E-state index in [9.17, 15) is 18.7 Å². The van der Waals surface area contributed by atoms with Gasteiger partial charge in [-0.05, 0) is 43.7 Å². The Morgan fingerprint density at radius 3 is 2.73 bits per heavy atom. The first-order valence-electron chi connectivity index (χ1n) is 9.81. The Morgan fingerprint density at radius 1 is 1.27 bits per heavy atom. The predicted octanol–water partition coefficient (Wildman–Crippen LogP) is 4.94. The zero-order chi connectivity index (χ0) is 21.7. The maximum Gasteiger partial charge on any atom is 0.283 e. The van der Waals surface area contributed by atoms with Crippen LogP contribution in [0.25, 0.3) is 10.2 Å². The summed E-state index contributed by atoms with van der Waals surface area (Å²) in [5.74, 6) is -0.537. The number of rotatable bonds is 8. The number of alkyl halides is 2. The number of carbonyl (C=O) groups excluding carboxylic acids is 1. The molecule has 0 aliphatic rings. The van der Waals surface area contributed by atoms with Gasteiger partial charge in [0.15, 0.2) is 4.80 Å². The molecule has 0 saturated carbocycles. The average molecular weight is 435 g/mol. The molecule has 3 aromatic rings. The van der Waals surface area contributed by atoms with Crippen LogP contribution in [-0.4, -0.2) is 28.3 Å². The maximum atomic E-state index is 13.2. The lowest BCUT2D eigenvalue weighted by molar-refractivity contribution is 0.0979. The first kappa shape index (κ1) is 22.1. The average Bonchev–Trinajstić information content (AvgIpc) is 3.07. The molecule has 30 heavy (non-hydrogen) atoms. The molecular formula is C22H24F2N2O3S. The number of aliphatic hydroxyl groups excluding tert-OH is 1. The third-order valence-electron chi connectivity index (χ3n) is 4.49. The van der Waals surface area contributed by atoms with E-state index < -0.39 is 18.4 Å². The SMILES string of the molecule is CCCCn1c(=NC(=O)c2cc(C(F)F)ccc2OC[C@H](C)O)sc2ccccc21. The van der Waals surface area contributed by atoms with Crippen molar-refractivity contribution in [3.63, 3.8) is 0 Å². The number of nitrogens with zero attached hydrogens (tertiary/aromatic N) is 2. The highest BCUT2D eigenvalue weighted by molar-refractivity contribution is 7.16. The number of benzene rings is 2. The van der Waals surface area contributed by atoms with Crippen LogP contribution in [0.15, 0.2) is 47.5 Å². The number of aliphatic hydroxyl groups is 1. The fourth-order valence-corrected chi connectivity index (χ4v) is 4.03. The monoisotopic (exact) mass is 434 g/mol. The second-order valence-corrected chi connectivity index (χ2v) is 8.00. The van der Waals surface area contributed by atoms with Gasteiger partial charge in [0, 0.05) is 12.1 Å². The number of ether oxygens (including phenoxy) is 1. The molecule has 2 aromatic carbocycles. The van der Waals surface area contributed by atoms with Gasteiger partial charge in [-0.1, -0.05) is 36.8 Å². The molecule has 0 saturated heterocycles. The summed E-state index contributed by atoms with van der Waals surface area (Å²) >= 11 is 1.38. The lowest BCUT2D eigenvalue weighted by atomic mass is 10.1. The molecule has 0 bridgehead atoms. The molecule has 0 aliphatic heterocycles. The van der Waals surface area contributed by atoms with Gasteiger partial charge in [-0.3, -0.25) is 4.79 Å². The van der Waals surface area contributed by atoms with Gasteiger partial charge in [-0.15, -0.1) is 0 Å². The first-order valence-corrected chi connectivity index (χ1v) is 10.6. The third-order valence-corrected chi connectivity index (χ3v) is 5.55. The summed E-state index contributed by atoms with van der Waals surface area (Å²) in [6.07, 6.45) is -1.58. The number of halogens is 2. The van der Waals surface area contributed by atoms with Crippen LogP contribution in [0.5, 0.6) is 5.75 Å². The molecule has 0 aliphatic carbocycles. The Morgan fingerprint density at radius 2 is 2.03 bits per heavy atom. The second kappa shape index (κ2) is 9.95. The molecule has 1 N–H and O–H groups in total. The Bertz CT molecular complexity index is 1090. The Hall–Kier alpha value is -2.58. The summed E-state index contributed by atoms with van der Waals surface area (Å²) in [6.45, 7) is 4.26. The molecule has 160 valence electrons.